The Bertz CT molecular complexity index is 839. The topological polar surface area (TPSA) is 74.0 Å². The van der Waals surface area contributed by atoms with Gasteiger partial charge in [-0.15, -0.1) is 0 Å². The van der Waals surface area contributed by atoms with Gasteiger partial charge in [0.05, 0.1) is 12.6 Å². The zero-order valence-corrected chi connectivity index (χ0v) is 14.3. The molecule has 1 aromatic heterocycles. The molecule has 126 valence electrons. The molecule has 24 heavy (non-hydrogen) atoms. The van der Waals surface area contributed by atoms with Crippen molar-refractivity contribution >= 4 is 6.03 Å². The summed E-state index contributed by atoms with van der Waals surface area (Å²) in [7, 11) is 0. The molecule has 0 aliphatic heterocycles. The molecule has 0 saturated heterocycles. The van der Waals surface area contributed by atoms with Crippen LogP contribution < -0.4 is 16.2 Å². The van der Waals surface area contributed by atoms with Crippen molar-refractivity contribution in [2.45, 2.75) is 46.2 Å². The number of benzene rings is 1. The average molecular weight is 325 g/mol. The van der Waals surface area contributed by atoms with Gasteiger partial charge in [-0.1, -0.05) is 23.8 Å². The summed E-state index contributed by atoms with van der Waals surface area (Å²) < 4.78 is 0. The number of hydrogen-bond donors (Lipinski definition) is 3. The number of H-pyrrole nitrogens is 1. The van der Waals surface area contributed by atoms with Gasteiger partial charge in [0.2, 0.25) is 0 Å². The minimum atomic E-state index is -0.243. The molecule has 0 bridgehead atoms. The van der Waals surface area contributed by atoms with E-state index in [1.54, 1.807) is 0 Å². The fraction of sp³-hybridized carbons (Fsp3) is 0.368. The second-order valence-electron chi connectivity index (χ2n) is 6.56. The van der Waals surface area contributed by atoms with Crippen LogP contribution in [0.3, 0.4) is 0 Å². The average Bonchev–Trinajstić information content (AvgIpc) is 2.88. The fourth-order valence-corrected chi connectivity index (χ4v) is 3.38. The van der Waals surface area contributed by atoms with Crippen LogP contribution in [-0.2, 0) is 13.0 Å². The number of aromatic amines is 1. The summed E-state index contributed by atoms with van der Waals surface area (Å²) in [6.45, 7) is 6.03. The smallest absolute Gasteiger partial charge is 0.315 e. The lowest BCUT2D eigenvalue weighted by Crippen LogP contribution is -2.38. The maximum Gasteiger partial charge on any atom is 0.315 e. The highest BCUT2D eigenvalue weighted by molar-refractivity contribution is 5.74. The number of aromatic nitrogens is 1. The predicted molar refractivity (Wildman–Crippen MR) is 94.1 cm³/mol. The van der Waals surface area contributed by atoms with Crippen molar-refractivity contribution in [2.75, 3.05) is 0 Å². The summed E-state index contributed by atoms with van der Waals surface area (Å²) in [4.78, 5) is 27.0. The van der Waals surface area contributed by atoms with E-state index in [1.807, 2.05) is 19.9 Å². The van der Waals surface area contributed by atoms with Gasteiger partial charge in [-0.3, -0.25) is 4.79 Å². The highest BCUT2D eigenvalue weighted by atomic mass is 16.2. The van der Waals surface area contributed by atoms with E-state index >= 15 is 0 Å². The van der Waals surface area contributed by atoms with Crippen molar-refractivity contribution < 1.29 is 4.79 Å². The molecule has 1 aliphatic carbocycles. The van der Waals surface area contributed by atoms with Gasteiger partial charge in [-0.05, 0) is 56.4 Å². The van der Waals surface area contributed by atoms with Gasteiger partial charge in [0.25, 0.3) is 5.56 Å². The summed E-state index contributed by atoms with van der Waals surface area (Å²) >= 11 is 0. The van der Waals surface area contributed by atoms with E-state index in [2.05, 4.69) is 40.7 Å². The molecular formula is C19H23N3O2. The Labute approximate surface area is 141 Å². The Morgan fingerprint density at radius 2 is 2.04 bits per heavy atom. The molecule has 1 atom stereocenters. The molecule has 2 amide bonds. The molecule has 0 saturated carbocycles. The van der Waals surface area contributed by atoms with E-state index in [4.69, 9.17) is 0 Å². The summed E-state index contributed by atoms with van der Waals surface area (Å²) in [6, 6.07) is 8.06. The molecule has 5 nitrogen and oxygen atoms in total. The largest absolute Gasteiger partial charge is 0.334 e. The Balaban J connectivity index is 1.63. The highest BCUT2D eigenvalue weighted by Crippen LogP contribution is 2.31. The monoisotopic (exact) mass is 325 g/mol. The number of amides is 2. The van der Waals surface area contributed by atoms with E-state index in [1.165, 1.54) is 16.7 Å². The summed E-state index contributed by atoms with van der Waals surface area (Å²) in [5, 5.41) is 5.81. The maximum atomic E-state index is 12.2. The molecule has 3 N–H and O–H groups in total. The second-order valence-corrected chi connectivity index (χ2v) is 6.56. The number of carbonyl (C=O) groups is 1. The third-order valence-corrected chi connectivity index (χ3v) is 4.60. The van der Waals surface area contributed by atoms with Gasteiger partial charge in [-0.25, -0.2) is 4.79 Å². The molecule has 0 fully saturated rings. The zero-order valence-electron chi connectivity index (χ0n) is 14.3. The fourth-order valence-electron chi connectivity index (χ4n) is 3.38. The molecule has 2 aromatic rings. The van der Waals surface area contributed by atoms with Gasteiger partial charge >= 0.3 is 6.03 Å². The van der Waals surface area contributed by atoms with Gasteiger partial charge in [0, 0.05) is 11.3 Å². The third-order valence-electron chi connectivity index (χ3n) is 4.60. The first-order chi connectivity index (χ1) is 11.4. The van der Waals surface area contributed by atoms with Crippen molar-refractivity contribution in [3.05, 3.63) is 68.1 Å². The number of urea groups is 1. The predicted octanol–water partition coefficient (Wildman–Crippen LogP) is 2.79. The standard InChI is InChI=1S/C19H23N3O2/c1-11-4-6-15-14(8-11)5-7-17(15)22-19(24)20-10-16-12(2)9-13(3)21-18(16)23/h4,6,8-9,17H,5,7,10H2,1-3H3,(H,21,23)(H2,20,22,24). The Kier molecular flexibility index (Phi) is 4.42. The molecular weight excluding hydrogens is 302 g/mol. The molecule has 0 spiro atoms. The zero-order chi connectivity index (χ0) is 17.3. The van der Waals surface area contributed by atoms with Crippen molar-refractivity contribution in [2.24, 2.45) is 0 Å². The van der Waals surface area contributed by atoms with Crippen LogP contribution in [0.1, 0.15) is 46.0 Å². The summed E-state index contributed by atoms with van der Waals surface area (Å²) in [5.41, 5.74) is 5.91. The molecule has 1 unspecified atom stereocenters. The minimum Gasteiger partial charge on any atom is -0.334 e. The molecule has 1 aromatic carbocycles. The molecule has 1 heterocycles. The maximum absolute atomic E-state index is 12.2. The lowest BCUT2D eigenvalue weighted by Gasteiger charge is -2.15. The number of hydrogen-bond acceptors (Lipinski definition) is 2. The Morgan fingerprint density at radius 1 is 1.25 bits per heavy atom. The lowest BCUT2D eigenvalue weighted by molar-refractivity contribution is 0.236. The minimum absolute atomic E-state index is 0.0398. The lowest BCUT2D eigenvalue weighted by atomic mass is 10.1. The first-order valence-corrected chi connectivity index (χ1v) is 8.27. The third kappa shape index (κ3) is 3.35. The van der Waals surface area contributed by atoms with Gasteiger partial charge in [0.15, 0.2) is 0 Å². The van der Waals surface area contributed by atoms with E-state index in [-0.39, 0.29) is 24.2 Å². The Hall–Kier alpha value is -2.56. The van der Waals surface area contributed by atoms with E-state index < -0.39 is 0 Å². The van der Waals surface area contributed by atoms with Crippen LogP contribution in [0.2, 0.25) is 0 Å². The molecule has 3 rings (SSSR count). The molecule has 0 radical (unpaired) electrons. The molecule has 5 heteroatoms. The number of pyridine rings is 1. The number of nitrogens with one attached hydrogen (secondary N) is 3. The van der Waals surface area contributed by atoms with Crippen LogP contribution in [0, 0.1) is 20.8 Å². The highest BCUT2D eigenvalue weighted by Gasteiger charge is 2.23. The van der Waals surface area contributed by atoms with Crippen molar-refractivity contribution in [3.63, 3.8) is 0 Å². The van der Waals surface area contributed by atoms with Crippen LogP contribution in [0.5, 0.6) is 0 Å². The van der Waals surface area contributed by atoms with Crippen molar-refractivity contribution in [3.8, 4) is 0 Å². The van der Waals surface area contributed by atoms with Gasteiger partial charge < -0.3 is 15.6 Å². The van der Waals surface area contributed by atoms with E-state index in [9.17, 15) is 9.59 Å². The van der Waals surface area contributed by atoms with Crippen LogP contribution >= 0.6 is 0 Å². The van der Waals surface area contributed by atoms with Crippen LogP contribution in [0.15, 0.2) is 29.1 Å². The summed E-state index contributed by atoms with van der Waals surface area (Å²) in [6.07, 6.45) is 1.90. The first kappa shape index (κ1) is 16.3. The number of carbonyl (C=O) groups excluding carboxylic acids is 1. The second kappa shape index (κ2) is 6.51. The van der Waals surface area contributed by atoms with Gasteiger partial charge in [0.1, 0.15) is 0 Å². The van der Waals surface area contributed by atoms with Crippen LogP contribution in [0.4, 0.5) is 4.79 Å². The van der Waals surface area contributed by atoms with E-state index in [0.717, 1.165) is 24.1 Å². The van der Waals surface area contributed by atoms with Crippen molar-refractivity contribution in [1.29, 1.82) is 0 Å². The van der Waals surface area contributed by atoms with Gasteiger partial charge in [-0.2, -0.15) is 0 Å². The molecule has 1 aliphatic rings. The number of aryl methyl sites for hydroxylation is 4. The SMILES string of the molecule is Cc1ccc2c(c1)CCC2NC(=O)NCc1c(C)cc(C)[nH]c1=O. The first-order valence-electron chi connectivity index (χ1n) is 8.27. The Morgan fingerprint density at radius 3 is 2.79 bits per heavy atom. The normalized spacial score (nSPS) is 15.9. The quantitative estimate of drug-likeness (QED) is 0.812. The van der Waals surface area contributed by atoms with Crippen molar-refractivity contribution in [1.82, 2.24) is 15.6 Å². The number of rotatable bonds is 3. The number of fused-ring (bicyclic) bond motifs is 1. The van der Waals surface area contributed by atoms with E-state index in [0.29, 0.717) is 5.56 Å². The van der Waals surface area contributed by atoms with Crippen LogP contribution in [-0.4, -0.2) is 11.0 Å². The summed E-state index contributed by atoms with van der Waals surface area (Å²) in [5.74, 6) is 0. The van der Waals surface area contributed by atoms with Crippen LogP contribution in [0.25, 0.3) is 0 Å².